The van der Waals surface area contributed by atoms with Crippen molar-refractivity contribution in [2.45, 2.75) is 37.6 Å². The molecule has 0 aliphatic heterocycles. The van der Waals surface area contributed by atoms with E-state index in [1.54, 1.807) is 18.2 Å². The average Bonchev–Trinajstić information content (AvgIpc) is 2.36. The van der Waals surface area contributed by atoms with Gasteiger partial charge in [-0.25, -0.2) is 8.42 Å². The zero-order valence-electron chi connectivity index (χ0n) is 11.0. The van der Waals surface area contributed by atoms with E-state index in [9.17, 15) is 8.42 Å². The van der Waals surface area contributed by atoms with E-state index >= 15 is 0 Å². The number of rotatable bonds is 7. The summed E-state index contributed by atoms with van der Waals surface area (Å²) in [6.07, 6.45) is 1.47. The van der Waals surface area contributed by atoms with Crippen LogP contribution in [0, 0.1) is 0 Å². The summed E-state index contributed by atoms with van der Waals surface area (Å²) >= 11 is 0. The minimum atomic E-state index is -3.20. The number of benzene rings is 1. The third kappa shape index (κ3) is 3.99. The fourth-order valence-electron chi connectivity index (χ4n) is 1.65. The summed E-state index contributed by atoms with van der Waals surface area (Å²) in [6.45, 7) is 4.45. The van der Waals surface area contributed by atoms with Gasteiger partial charge in [-0.05, 0) is 25.0 Å². The van der Waals surface area contributed by atoms with Crippen LogP contribution in [0.2, 0.25) is 0 Å². The molecule has 0 spiro atoms. The predicted octanol–water partition coefficient (Wildman–Crippen LogP) is 2.02. The van der Waals surface area contributed by atoms with Gasteiger partial charge in [-0.15, -0.1) is 0 Å². The Bertz CT molecular complexity index is 472. The molecule has 0 aliphatic carbocycles. The number of hydrogen-bond donors (Lipinski definition) is 2. The fourth-order valence-corrected chi connectivity index (χ4v) is 3.17. The molecule has 1 unspecified atom stereocenters. The normalized spacial score (nSPS) is 13.3. The monoisotopic (exact) mass is 270 g/mol. The van der Waals surface area contributed by atoms with Gasteiger partial charge in [0.25, 0.3) is 0 Å². The van der Waals surface area contributed by atoms with E-state index in [4.69, 9.17) is 5.73 Å². The van der Waals surface area contributed by atoms with Crippen molar-refractivity contribution >= 4 is 15.5 Å². The zero-order valence-corrected chi connectivity index (χ0v) is 11.8. The zero-order chi connectivity index (χ0) is 13.6. The Balaban J connectivity index is 2.93. The van der Waals surface area contributed by atoms with Gasteiger partial charge in [0.05, 0.1) is 16.3 Å². The lowest BCUT2D eigenvalue weighted by molar-refractivity contribution is 0.594. The molecular weight excluding hydrogens is 248 g/mol. The molecule has 5 heteroatoms. The van der Waals surface area contributed by atoms with Crippen LogP contribution < -0.4 is 11.1 Å². The van der Waals surface area contributed by atoms with Crippen LogP contribution in [0.5, 0.6) is 0 Å². The molecule has 1 atom stereocenters. The standard InChI is InChI=1S/C13H22N2O2S/c1-3-9-18(16,17)13-8-6-5-7-12(13)15-10-11(14)4-2/h5-8,11,15H,3-4,9-10,14H2,1-2H3. The van der Waals surface area contributed by atoms with Crippen molar-refractivity contribution in [2.24, 2.45) is 5.73 Å². The van der Waals surface area contributed by atoms with E-state index in [1.807, 2.05) is 19.9 Å². The number of anilines is 1. The molecule has 4 nitrogen and oxygen atoms in total. The van der Waals surface area contributed by atoms with Gasteiger partial charge in [0, 0.05) is 12.6 Å². The highest BCUT2D eigenvalue weighted by atomic mass is 32.2. The maximum atomic E-state index is 12.1. The fraction of sp³-hybridized carbons (Fsp3) is 0.538. The van der Waals surface area contributed by atoms with Crippen molar-refractivity contribution in [2.75, 3.05) is 17.6 Å². The molecule has 102 valence electrons. The minimum Gasteiger partial charge on any atom is -0.382 e. The molecule has 0 saturated carbocycles. The quantitative estimate of drug-likeness (QED) is 0.795. The molecule has 0 fully saturated rings. The van der Waals surface area contributed by atoms with E-state index in [0.29, 0.717) is 23.5 Å². The third-order valence-electron chi connectivity index (χ3n) is 2.77. The van der Waals surface area contributed by atoms with Gasteiger partial charge in [0.15, 0.2) is 9.84 Å². The van der Waals surface area contributed by atoms with Crippen LogP contribution in [0.15, 0.2) is 29.2 Å². The minimum absolute atomic E-state index is 0.0342. The molecule has 0 heterocycles. The molecule has 0 saturated heterocycles. The van der Waals surface area contributed by atoms with Crippen LogP contribution in [0.1, 0.15) is 26.7 Å². The Morgan fingerprint density at radius 1 is 1.28 bits per heavy atom. The first-order chi connectivity index (χ1) is 8.51. The molecule has 0 bridgehead atoms. The highest BCUT2D eigenvalue weighted by Crippen LogP contribution is 2.22. The average molecular weight is 270 g/mol. The summed E-state index contributed by atoms with van der Waals surface area (Å²) in [6, 6.07) is 7.03. The topological polar surface area (TPSA) is 72.2 Å². The lowest BCUT2D eigenvalue weighted by Crippen LogP contribution is -2.28. The summed E-state index contributed by atoms with van der Waals surface area (Å²) in [7, 11) is -3.20. The highest BCUT2D eigenvalue weighted by molar-refractivity contribution is 7.91. The maximum absolute atomic E-state index is 12.1. The summed E-state index contributed by atoms with van der Waals surface area (Å²) in [5, 5.41) is 3.12. The Labute approximate surface area is 110 Å². The van der Waals surface area contributed by atoms with Gasteiger partial charge >= 0.3 is 0 Å². The van der Waals surface area contributed by atoms with Crippen molar-refractivity contribution in [3.8, 4) is 0 Å². The van der Waals surface area contributed by atoms with Crippen LogP contribution in [0.25, 0.3) is 0 Å². The van der Waals surface area contributed by atoms with Crippen molar-refractivity contribution < 1.29 is 8.42 Å². The second-order valence-electron chi connectivity index (χ2n) is 4.36. The SMILES string of the molecule is CCCS(=O)(=O)c1ccccc1NCC(N)CC. The molecule has 1 aromatic carbocycles. The smallest absolute Gasteiger partial charge is 0.180 e. The van der Waals surface area contributed by atoms with Gasteiger partial charge in [-0.3, -0.25) is 0 Å². The lowest BCUT2D eigenvalue weighted by atomic mass is 10.2. The number of para-hydroxylation sites is 1. The van der Waals surface area contributed by atoms with Crippen molar-refractivity contribution in [3.05, 3.63) is 24.3 Å². The molecule has 1 aromatic rings. The highest BCUT2D eigenvalue weighted by Gasteiger charge is 2.17. The van der Waals surface area contributed by atoms with Crippen LogP contribution >= 0.6 is 0 Å². The first kappa shape index (κ1) is 15.0. The molecule has 3 N–H and O–H groups in total. The number of sulfone groups is 1. The third-order valence-corrected chi connectivity index (χ3v) is 4.75. The van der Waals surface area contributed by atoms with Gasteiger partial charge in [-0.1, -0.05) is 26.0 Å². The van der Waals surface area contributed by atoms with E-state index in [0.717, 1.165) is 6.42 Å². The van der Waals surface area contributed by atoms with Crippen LogP contribution in [0.3, 0.4) is 0 Å². The van der Waals surface area contributed by atoms with Crippen LogP contribution in [-0.2, 0) is 9.84 Å². The Morgan fingerprint density at radius 3 is 2.56 bits per heavy atom. The van der Waals surface area contributed by atoms with Gasteiger partial charge in [-0.2, -0.15) is 0 Å². The summed E-state index contributed by atoms with van der Waals surface area (Å²) < 4.78 is 24.2. The first-order valence-electron chi connectivity index (χ1n) is 6.32. The predicted molar refractivity (Wildman–Crippen MR) is 75.5 cm³/mol. The van der Waals surface area contributed by atoms with Crippen LogP contribution in [0.4, 0.5) is 5.69 Å². The van der Waals surface area contributed by atoms with Crippen molar-refractivity contribution in [1.29, 1.82) is 0 Å². The van der Waals surface area contributed by atoms with Crippen molar-refractivity contribution in [1.82, 2.24) is 0 Å². The van der Waals surface area contributed by atoms with Gasteiger partial charge in [0.2, 0.25) is 0 Å². The van der Waals surface area contributed by atoms with E-state index in [-0.39, 0.29) is 11.8 Å². The van der Waals surface area contributed by atoms with E-state index < -0.39 is 9.84 Å². The molecule has 1 rings (SSSR count). The summed E-state index contributed by atoms with van der Waals surface area (Å²) in [5.74, 6) is 0.172. The second-order valence-corrected chi connectivity index (χ2v) is 6.44. The second kappa shape index (κ2) is 6.75. The van der Waals surface area contributed by atoms with Crippen molar-refractivity contribution in [3.63, 3.8) is 0 Å². The Morgan fingerprint density at radius 2 is 1.94 bits per heavy atom. The Hall–Kier alpha value is -1.07. The first-order valence-corrected chi connectivity index (χ1v) is 7.97. The molecule has 0 radical (unpaired) electrons. The summed E-state index contributed by atoms with van der Waals surface area (Å²) in [4.78, 5) is 0.371. The largest absolute Gasteiger partial charge is 0.382 e. The summed E-state index contributed by atoms with van der Waals surface area (Å²) in [5.41, 5.74) is 6.47. The lowest BCUT2D eigenvalue weighted by Gasteiger charge is -2.15. The Kier molecular flexibility index (Phi) is 5.62. The van der Waals surface area contributed by atoms with Gasteiger partial charge < -0.3 is 11.1 Å². The number of nitrogens with two attached hydrogens (primary N) is 1. The van der Waals surface area contributed by atoms with Gasteiger partial charge in [0.1, 0.15) is 0 Å². The van der Waals surface area contributed by atoms with E-state index in [2.05, 4.69) is 5.32 Å². The molecule has 0 amide bonds. The number of nitrogens with one attached hydrogen (secondary N) is 1. The maximum Gasteiger partial charge on any atom is 0.180 e. The number of hydrogen-bond acceptors (Lipinski definition) is 4. The molecule has 18 heavy (non-hydrogen) atoms. The van der Waals surface area contributed by atoms with E-state index in [1.165, 1.54) is 0 Å². The molecular formula is C13H22N2O2S. The molecule has 0 aromatic heterocycles. The molecule has 0 aliphatic rings. The van der Waals surface area contributed by atoms with Crippen LogP contribution in [-0.4, -0.2) is 26.8 Å².